The van der Waals surface area contributed by atoms with E-state index in [2.05, 4.69) is 62.1 Å². The SMILES string of the molecule is CN=C(NCc1ccccc1)NCC1CCN(Cc2csc(C)n2)CC1. The Hall–Kier alpha value is -1.92. The van der Waals surface area contributed by atoms with Crippen LogP contribution in [-0.4, -0.2) is 42.5 Å². The summed E-state index contributed by atoms with van der Waals surface area (Å²) in [4.78, 5) is 11.4. The topological polar surface area (TPSA) is 52.6 Å². The van der Waals surface area contributed by atoms with Crippen LogP contribution in [0.2, 0.25) is 0 Å². The minimum atomic E-state index is 0.707. The zero-order chi connectivity index (χ0) is 18.2. The Balaban J connectivity index is 1.36. The van der Waals surface area contributed by atoms with Crippen molar-refractivity contribution in [2.24, 2.45) is 10.9 Å². The lowest BCUT2D eigenvalue weighted by molar-refractivity contribution is 0.176. The summed E-state index contributed by atoms with van der Waals surface area (Å²) in [7, 11) is 1.83. The molecule has 1 fully saturated rings. The number of hydrogen-bond acceptors (Lipinski definition) is 4. The molecule has 1 aromatic heterocycles. The average molecular weight is 372 g/mol. The summed E-state index contributed by atoms with van der Waals surface area (Å²) in [6.07, 6.45) is 2.46. The largest absolute Gasteiger partial charge is 0.356 e. The van der Waals surface area contributed by atoms with Crippen molar-refractivity contribution in [2.45, 2.75) is 32.9 Å². The van der Waals surface area contributed by atoms with Crippen LogP contribution in [0.3, 0.4) is 0 Å². The molecular weight excluding hydrogens is 342 g/mol. The molecule has 0 aliphatic carbocycles. The smallest absolute Gasteiger partial charge is 0.191 e. The van der Waals surface area contributed by atoms with Crippen molar-refractivity contribution in [3.05, 3.63) is 52.0 Å². The molecule has 5 nitrogen and oxygen atoms in total. The van der Waals surface area contributed by atoms with Gasteiger partial charge in [-0.15, -0.1) is 11.3 Å². The van der Waals surface area contributed by atoms with Crippen molar-refractivity contribution in [2.75, 3.05) is 26.7 Å². The van der Waals surface area contributed by atoms with Gasteiger partial charge in [0.2, 0.25) is 0 Å². The van der Waals surface area contributed by atoms with E-state index in [1.165, 1.54) is 24.1 Å². The van der Waals surface area contributed by atoms with Crippen LogP contribution in [0, 0.1) is 12.8 Å². The number of nitrogens with one attached hydrogen (secondary N) is 2. The molecule has 3 rings (SSSR count). The number of hydrogen-bond donors (Lipinski definition) is 2. The minimum absolute atomic E-state index is 0.707. The van der Waals surface area contributed by atoms with Crippen LogP contribution in [0.15, 0.2) is 40.7 Å². The first-order chi connectivity index (χ1) is 12.7. The lowest BCUT2D eigenvalue weighted by Gasteiger charge is -2.31. The van der Waals surface area contributed by atoms with Gasteiger partial charge in [-0.1, -0.05) is 30.3 Å². The molecular formula is C20H29N5S. The molecule has 1 aliphatic heterocycles. The third-order valence-electron chi connectivity index (χ3n) is 4.84. The maximum Gasteiger partial charge on any atom is 0.191 e. The van der Waals surface area contributed by atoms with Crippen LogP contribution in [0.4, 0.5) is 0 Å². The number of benzene rings is 1. The Morgan fingerprint density at radius 3 is 2.65 bits per heavy atom. The predicted octanol–water partition coefficient (Wildman–Crippen LogP) is 3.03. The molecule has 1 aliphatic rings. The van der Waals surface area contributed by atoms with E-state index in [-0.39, 0.29) is 0 Å². The van der Waals surface area contributed by atoms with Gasteiger partial charge in [0.25, 0.3) is 0 Å². The van der Waals surface area contributed by atoms with Crippen molar-refractivity contribution in [3.63, 3.8) is 0 Å². The van der Waals surface area contributed by atoms with Gasteiger partial charge in [-0.3, -0.25) is 9.89 Å². The number of piperidine rings is 1. The fourth-order valence-corrected chi connectivity index (χ4v) is 3.91. The zero-order valence-electron chi connectivity index (χ0n) is 15.7. The number of aliphatic imine (C=N–C) groups is 1. The van der Waals surface area contributed by atoms with E-state index in [9.17, 15) is 0 Å². The second-order valence-electron chi connectivity index (χ2n) is 6.87. The molecule has 0 saturated carbocycles. The Bertz CT molecular complexity index is 689. The standard InChI is InChI=1S/C20H29N5S/c1-16-24-19(15-26-16)14-25-10-8-18(9-11-25)13-23-20(21-2)22-12-17-6-4-3-5-7-17/h3-7,15,18H,8-14H2,1-2H3,(H2,21,22,23). The lowest BCUT2D eigenvalue weighted by Crippen LogP contribution is -2.42. The first kappa shape index (κ1) is 18.9. The highest BCUT2D eigenvalue weighted by Crippen LogP contribution is 2.19. The fraction of sp³-hybridized carbons (Fsp3) is 0.500. The second-order valence-corrected chi connectivity index (χ2v) is 7.93. The summed E-state index contributed by atoms with van der Waals surface area (Å²) < 4.78 is 0. The number of guanidine groups is 1. The fourth-order valence-electron chi connectivity index (χ4n) is 3.30. The maximum absolute atomic E-state index is 4.58. The van der Waals surface area contributed by atoms with Gasteiger partial charge in [0.05, 0.1) is 10.7 Å². The maximum atomic E-state index is 4.58. The van der Waals surface area contributed by atoms with E-state index >= 15 is 0 Å². The van der Waals surface area contributed by atoms with E-state index in [1.54, 1.807) is 11.3 Å². The van der Waals surface area contributed by atoms with Crippen molar-refractivity contribution in [1.82, 2.24) is 20.5 Å². The molecule has 0 atom stereocenters. The van der Waals surface area contributed by atoms with Crippen LogP contribution in [0.25, 0.3) is 0 Å². The molecule has 0 radical (unpaired) electrons. The molecule has 6 heteroatoms. The number of nitrogens with zero attached hydrogens (tertiary/aromatic N) is 3. The van der Waals surface area contributed by atoms with E-state index < -0.39 is 0 Å². The molecule has 0 spiro atoms. The Morgan fingerprint density at radius 2 is 2.00 bits per heavy atom. The third kappa shape index (κ3) is 5.81. The molecule has 1 aromatic carbocycles. The van der Waals surface area contributed by atoms with E-state index in [0.29, 0.717) is 5.92 Å². The number of rotatable bonds is 6. The van der Waals surface area contributed by atoms with Crippen molar-refractivity contribution >= 4 is 17.3 Å². The van der Waals surface area contributed by atoms with Gasteiger partial charge in [0.15, 0.2) is 5.96 Å². The summed E-state index contributed by atoms with van der Waals surface area (Å²) in [5.41, 5.74) is 2.48. The monoisotopic (exact) mass is 371 g/mol. The second kappa shape index (κ2) is 9.69. The Labute approximate surface area is 160 Å². The van der Waals surface area contributed by atoms with Gasteiger partial charge >= 0.3 is 0 Å². The number of aryl methyl sites for hydroxylation is 1. The summed E-state index contributed by atoms with van der Waals surface area (Å²) in [5, 5.41) is 10.2. The number of aromatic nitrogens is 1. The first-order valence-electron chi connectivity index (χ1n) is 9.34. The molecule has 26 heavy (non-hydrogen) atoms. The van der Waals surface area contributed by atoms with Crippen LogP contribution in [0.1, 0.15) is 29.1 Å². The highest BCUT2D eigenvalue weighted by atomic mass is 32.1. The van der Waals surface area contributed by atoms with E-state index in [1.807, 2.05) is 13.1 Å². The zero-order valence-corrected chi connectivity index (χ0v) is 16.6. The molecule has 2 aromatic rings. The highest BCUT2D eigenvalue weighted by molar-refractivity contribution is 7.09. The summed E-state index contributed by atoms with van der Waals surface area (Å²) in [6, 6.07) is 10.4. The first-order valence-corrected chi connectivity index (χ1v) is 10.2. The van der Waals surface area contributed by atoms with Gasteiger partial charge in [-0.25, -0.2) is 4.98 Å². The summed E-state index contributed by atoms with van der Waals surface area (Å²) >= 11 is 1.74. The van der Waals surface area contributed by atoms with Crippen molar-refractivity contribution in [1.29, 1.82) is 0 Å². The van der Waals surface area contributed by atoms with Gasteiger partial charge < -0.3 is 10.6 Å². The van der Waals surface area contributed by atoms with Gasteiger partial charge in [-0.2, -0.15) is 0 Å². The quantitative estimate of drug-likeness (QED) is 0.605. The van der Waals surface area contributed by atoms with Gasteiger partial charge in [0, 0.05) is 32.1 Å². The van der Waals surface area contributed by atoms with Crippen molar-refractivity contribution < 1.29 is 0 Å². The van der Waals surface area contributed by atoms with Crippen LogP contribution < -0.4 is 10.6 Å². The number of likely N-dealkylation sites (tertiary alicyclic amines) is 1. The van der Waals surface area contributed by atoms with Crippen molar-refractivity contribution in [3.8, 4) is 0 Å². The molecule has 1 saturated heterocycles. The minimum Gasteiger partial charge on any atom is -0.356 e. The van der Waals surface area contributed by atoms with E-state index in [4.69, 9.17) is 0 Å². The normalized spacial score (nSPS) is 16.6. The molecule has 140 valence electrons. The van der Waals surface area contributed by atoms with Crippen LogP contribution in [0.5, 0.6) is 0 Å². The van der Waals surface area contributed by atoms with Crippen LogP contribution in [-0.2, 0) is 13.1 Å². The predicted molar refractivity (Wildman–Crippen MR) is 109 cm³/mol. The molecule has 0 amide bonds. The highest BCUT2D eigenvalue weighted by Gasteiger charge is 2.20. The molecule has 0 bridgehead atoms. The molecule has 2 N–H and O–H groups in total. The Morgan fingerprint density at radius 1 is 1.23 bits per heavy atom. The Kier molecular flexibility index (Phi) is 7.03. The van der Waals surface area contributed by atoms with Gasteiger partial charge in [-0.05, 0) is 44.3 Å². The molecule has 2 heterocycles. The summed E-state index contributed by atoms with van der Waals surface area (Å²) in [6.45, 7) is 7.15. The average Bonchev–Trinajstić information content (AvgIpc) is 3.08. The molecule has 0 unspecified atom stereocenters. The lowest BCUT2D eigenvalue weighted by atomic mass is 9.97. The third-order valence-corrected chi connectivity index (χ3v) is 5.67. The number of thiazole rings is 1. The van der Waals surface area contributed by atoms with Gasteiger partial charge in [0.1, 0.15) is 0 Å². The van der Waals surface area contributed by atoms with E-state index in [0.717, 1.165) is 43.7 Å². The summed E-state index contributed by atoms with van der Waals surface area (Å²) in [5.74, 6) is 1.59. The van der Waals surface area contributed by atoms with Crippen LogP contribution >= 0.6 is 11.3 Å².